The Morgan fingerprint density at radius 2 is 1.72 bits per heavy atom. The molecular weight excluding hydrogens is 394 g/mol. The van der Waals surface area contributed by atoms with Crippen molar-refractivity contribution in [1.82, 2.24) is 5.01 Å². The molecule has 2 aromatic carbocycles. The van der Waals surface area contributed by atoms with Crippen LogP contribution in [-0.4, -0.2) is 36.3 Å². The predicted molar refractivity (Wildman–Crippen MR) is 129 cm³/mol. The first-order chi connectivity index (χ1) is 15.7. The normalized spacial score (nSPS) is 29.0. The van der Waals surface area contributed by atoms with Crippen LogP contribution in [0.3, 0.4) is 0 Å². The SMILES string of the molecule is CC1CC[NH+](CC(=O)N2N=C3/C(=C/c4ccccc4)CCC[C@H]3[C@@H]2c2ccccc2)CC1. The van der Waals surface area contributed by atoms with Gasteiger partial charge in [-0.2, -0.15) is 5.10 Å². The van der Waals surface area contributed by atoms with Crippen molar-refractivity contribution in [2.24, 2.45) is 16.9 Å². The lowest BCUT2D eigenvalue weighted by Crippen LogP contribution is -3.14. The maximum atomic E-state index is 13.6. The summed E-state index contributed by atoms with van der Waals surface area (Å²) < 4.78 is 0. The third-order valence-electron chi connectivity index (χ3n) is 7.42. The summed E-state index contributed by atoms with van der Waals surface area (Å²) in [7, 11) is 0. The van der Waals surface area contributed by atoms with Crippen molar-refractivity contribution < 1.29 is 9.69 Å². The van der Waals surface area contributed by atoms with Gasteiger partial charge in [-0.1, -0.05) is 67.6 Å². The van der Waals surface area contributed by atoms with Crippen LogP contribution in [-0.2, 0) is 4.79 Å². The van der Waals surface area contributed by atoms with Crippen LogP contribution < -0.4 is 4.90 Å². The number of likely N-dealkylation sites (tertiary alicyclic amines) is 1. The van der Waals surface area contributed by atoms with E-state index in [9.17, 15) is 4.79 Å². The van der Waals surface area contributed by atoms with Crippen molar-refractivity contribution in [2.45, 2.75) is 45.1 Å². The second kappa shape index (κ2) is 9.41. The molecule has 3 aliphatic rings. The molecule has 1 N–H and O–H groups in total. The number of fused-ring (bicyclic) bond motifs is 1. The second-order valence-corrected chi connectivity index (χ2v) is 9.77. The van der Waals surface area contributed by atoms with E-state index in [0.29, 0.717) is 6.54 Å². The van der Waals surface area contributed by atoms with Gasteiger partial charge in [0.2, 0.25) is 0 Å². The molecule has 4 nitrogen and oxygen atoms in total. The molecule has 2 aliphatic heterocycles. The highest BCUT2D eigenvalue weighted by Crippen LogP contribution is 2.44. The number of quaternary nitrogens is 1. The van der Waals surface area contributed by atoms with Gasteiger partial charge < -0.3 is 4.90 Å². The van der Waals surface area contributed by atoms with Crippen LogP contribution in [0.4, 0.5) is 0 Å². The number of nitrogens with one attached hydrogen (secondary N) is 1. The highest BCUT2D eigenvalue weighted by molar-refractivity contribution is 6.08. The highest BCUT2D eigenvalue weighted by atomic mass is 16.2. The van der Waals surface area contributed by atoms with Crippen LogP contribution in [0.5, 0.6) is 0 Å². The summed E-state index contributed by atoms with van der Waals surface area (Å²) in [5, 5.41) is 6.90. The Balaban J connectivity index is 1.45. The first-order valence-electron chi connectivity index (χ1n) is 12.2. The summed E-state index contributed by atoms with van der Waals surface area (Å²) >= 11 is 0. The van der Waals surface area contributed by atoms with E-state index >= 15 is 0 Å². The van der Waals surface area contributed by atoms with Crippen LogP contribution in [0.1, 0.15) is 56.2 Å². The standard InChI is InChI=1S/C28H33N3O/c1-21-15-17-30(18-16-21)20-26(32)31-28(23-11-6-3-7-12-23)25-14-8-13-24(27(25)29-31)19-22-9-4-2-5-10-22/h2-7,9-12,19,21,25,28H,8,13-18,20H2,1H3/p+1/b24-19+/t25-,28+/m1/s1. The van der Waals surface area contributed by atoms with E-state index in [2.05, 4.69) is 61.5 Å². The molecule has 4 heteroatoms. The lowest BCUT2D eigenvalue weighted by molar-refractivity contribution is -0.898. The Morgan fingerprint density at radius 1 is 1.03 bits per heavy atom. The van der Waals surface area contributed by atoms with E-state index in [4.69, 9.17) is 5.10 Å². The zero-order valence-corrected chi connectivity index (χ0v) is 19.0. The van der Waals surface area contributed by atoms with E-state index in [1.807, 2.05) is 17.1 Å². The average Bonchev–Trinajstić information content (AvgIpc) is 3.23. The summed E-state index contributed by atoms with van der Waals surface area (Å²) in [5.41, 5.74) is 4.83. The zero-order valence-electron chi connectivity index (χ0n) is 19.0. The van der Waals surface area contributed by atoms with Gasteiger partial charge in [0.25, 0.3) is 5.91 Å². The molecule has 2 atom stereocenters. The van der Waals surface area contributed by atoms with Crippen molar-refractivity contribution >= 4 is 17.7 Å². The third kappa shape index (κ3) is 4.42. The minimum atomic E-state index is 0.0151. The highest BCUT2D eigenvalue weighted by Gasteiger charge is 2.44. The van der Waals surface area contributed by atoms with Crippen LogP contribution >= 0.6 is 0 Å². The maximum absolute atomic E-state index is 13.6. The fraction of sp³-hybridized carbons (Fsp3) is 0.429. The van der Waals surface area contributed by atoms with Gasteiger partial charge in [0.1, 0.15) is 0 Å². The average molecular weight is 429 g/mol. The van der Waals surface area contributed by atoms with Crippen LogP contribution in [0.15, 0.2) is 71.3 Å². The van der Waals surface area contributed by atoms with Crippen molar-refractivity contribution in [2.75, 3.05) is 19.6 Å². The first-order valence-corrected chi connectivity index (χ1v) is 12.2. The summed E-state index contributed by atoms with van der Waals surface area (Å²) in [5.74, 6) is 1.23. The lowest BCUT2D eigenvalue weighted by atomic mass is 9.77. The Kier molecular flexibility index (Phi) is 6.22. The number of allylic oxidation sites excluding steroid dienone is 1. The van der Waals surface area contributed by atoms with Gasteiger partial charge in [0.05, 0.1) is 24.8 Å². The Hall–Kier alpha value is -2.72. The summed E-state index contributed by atoms with van der Waals surface area (Å²) in [4.78, 5) is 15.0. The van der Waals surface area contributed by atoms with Crippen molar-refractivity contribution in [1.29, 1.82) is 0 Å². The quantitative estimate of drug-likeness (QED) is 0.781. The van der Waals surface area contributed by atoms with Crippen LogP contribution in [0, 0.1) is 11.8 Å². The molecular formula is C28H34N3O+. The van der Waals surface area contributed by atoms with Gasteiger partial charge in [-0.15, -0.1) is 0 Å². The molecule has 1 amide bonds. The Morgan fingerprint density at radius 3 is 2.44 bits per heavy atom. The first kappa shape index (κ1) is 21.1. The number of rotatable bonds is 4. The topological polar surface area (TPSA) is 37.1 Å². The number of carbonyl (C=O) groups is 1. The van der Waals surface area contributed by atoms with Gasteiger partial charge in [0, 0.05) is 5.92 Å². The van der Waals surface area contributed by atoms with Gasteiger partial charge in [-0.05, 0) is 60.8 Å². The fourth-order valence-corrected chi connectivity index (χ4v) is 5.58. The number of hydrazone groups is 1. The monoisotopic (exact) mass is 428 g/mol. The minimum absolute atomic E-state index is 0.0151. The van der Waals surface area contributed by atoms with E-state index < -0.39 is 0 Å². The minimum Gasteiger partial charge on any atom is -0.327 e. The van der Waals surface area contributed by atoms with Crippen molar-refractivity contribution in [3.63, 3.8) is 0 Å². The molecule has 1 saturated heterocycles. The van der Waals surface area contributed by atoms with Crippen LogP contribution in [0.25, 0.3) is 6.08 Å². The summed E-state index contributed by atoms with van der Waals surface area (Å²) in [6, 6.07) is 21.0. The van der Waals surface area contributed by atoms with Gasteiger partial charge in [0.15, 0.2) is 6.54 Å². The Labute approximate surface area is 191 Å². The zero-order chi connectivity index (χ0) is 21.9. The number of amides is 1. The molecule has 0 unspecified atom stereocenters. The summed E-state index contributed by atoms with van der Waals surface area (Å²) in [6.45, 7) is 5.06. The molecule has 32 heavy (non-hydrogen) atoms. The van der Waals surface area contributed by atoms with E-state index in [0.717, 1.165) is 44.0 Å². The molecule has 0 aromatic heterocycles. The molecule has 2 heterocycles. The van der Waals surface area contributed by atoms with Crippen molar-refractivity contribution in [3.05, 3.63) is 77.4 Å². The number of piperidine rings is 1. The molecule has 0 radical (unpaired) electrons. The fourth-order valence-electron chi connectivity index (χ4n) is 5.58. The molecule has 2 aromatic rings. The van der Waals surface area contributed by atoms with Crippen molar-refractivity contribution in [3.8, 4) is 0 Å². The number of hydrogen-bond acceptors (Lipinski definition) is 2. The Bertz CT molecular complexity index is 990. The molecule has 1 aliphatic carbocycles. The van der Waals surface area contributed by atoms with E-state index in [1.165, 1.54) is 34.4 Å². The number of carbonyl (C=O) groups excluding carboxylic acids is 1. The smallest absolute Gasteiger partial charge is 0.298 e. The maximum Gasteiger partial charge on any atom is 0.298 e. The number of hydrogen-bond donors (Lipinski definition) is 1. The van der Waals surface area contributed by atoms with E-state index in [-0.39, 0.29) is 17.9 Å². The number of nitrogens with zero attached hydrogens (tertiary/aromatic N) is 2. The number of benzene rings is 2. The van der Waals surface area contributed by atoms with Gasteiger partial charge in [-0.3, -0.25) is 4.79 Å². The molecule has 1 saturated carbocycles. The molecule has 5 rings (SSSR count). The molecule has 0 bridgehead atoms. The molecule has 0 spiro atoms. The molecule has 2 fully saturated rings. The van der Waals surface area contributed by atoms with Crippen LogP contribution in [0.2, 0.25) is 0 Å². The third-order valence-corrected chi connectivity index (χ3v) is 7.42. The van der Waals surface area contributed by atoms with Gasteiger partial charge >= 0.3 is 0 Å². The predicted octanol–water partition coefficient (Wildman–Crippen LogP) is 4.12. The largest absolute Gasteiger partial charge is 0.327 e. The second-order valence-electron chi connectivity index (χ2n) is 9.77. The van der Waals surface area contributed by atoms with Gasteiger partial charge in [-0.25, -0.2) is 5.01 Å². The molecule has 166 valence electrons. The lowest BCUT2D eigenvalue weighted by Gasteiger charge is -2.31. The van der Waals surface area contributed by atoms with E-state index in [1.54, 1.807) is 0 Å². The summed E-state index contributed by atoms with van der Waals surface area (Å²) in [6.07, 6.45) is 7.96.